The first-order valence-corrected chi connectivity index (χ1v) is 20.9. The normalized spacial score (nSPS) is 22.7. The molecule has 0 aromatic heterocycles. The Balaban J connectivity index is 1.54. The second kappa shape index (κ2) is 17.8. The molecule has 54 heavy (non-hydrogen) atoms. The summed E-state index contributed by atoms with van der Waals surface area (Å²) >= 11 is 0. The summed E-state index contributed by atoms with van der Waals surface area (Å²) in [6.07, 6.45) is 7.43. The maximum atomic E-state index is 14.7. The van der Waals surface area contributed by atoms with Crippen LogP contribution in [0.3, 0.4) is 0 Å². The molecule has 2 saturated carbocycles. The Morgan fingerprint density at radius 2 is 1.67 bits per heavy atom. The first-order chi connectivity index (χ1) is 25.4. The Bertz CT molecular complexity index is 1640. The summed E-state index contributed by atoms with van der Waals surface area (Å²) in [6.45, 7) is 15.8. The SMILES string of the molecule is C=CCNC(=O)C(=O)C(CCCC)NC(=O)[C@@H]1[C@@H]2[C@H](CN1C(=O)[C@@H](NC(=O)NC[C@@H](N(C)S(=O)(=O)c1ccccc1)C(C)(C)C)C1CCCCC1)C2(C)C. The Hall–Kier alpha value is -3.78. The number of amides is 5. The van der Waals surface area contributed by atoms with Gasteiger partial charge in [-0.25, -0.2) is 13.2 Å². The number of ketones is 1. The maximum absolute atomic E-state index is 14.7. The number of nitrogens with one attached hydrogen (secondary N) is 4. The standard InChI is InChI=1S/C40H62N6O7S/c1-9-11-22-29(34(47)36(49)41-23-10-2)43-35(48)33-31-28(40(31,6)7)25-46(33)37(50)32(26-18-14-12-15-19-26)44-38(51)42-24-30(39(3,4)5)45(8)54(52,53)27-20-16-13-17-21-27/h10,13,16-17,20-21,26,28-33H,2,9,11-12,14-15,18-19,22-25H2,1,3-8H3,(H,41,49)(H,43,48)(H2,42,44,51)/t28-,29?,30+,31-,32-,33-/m0/s1. The molecule has 300 valence electrons. The molecule has 14 heteroatoms. The number of unbranched alkanes of at least 4 members (excludes halogenated alkanes) is 1. The van der Waals surface area contributed by atoms with E-state index in [9.17, 15) is 32.4 Å². The number of hydrogen-bond donors (Lipinski definition) is 4. The number of hydrogen-bond acceptors (Lipinski definition) is 7. The van der Waals surface area contributed by atoms with Crippen LogP contribution in [-0.2, 0) is 29.2 Å². The Kier molecular flexibility index (Phi) is 14.1. The number of fused-ring (bicyclic) bond motifs is 1. The highest BCUT2D eigenvalue weighted by Gasteiger charge is 2.69. The third-order valence-corrected chi connectivity index (χ3v) is 13.7. The van der Waals surface area contributed by atoms with Crippen LogP contribution in [0.25, 0.3) is 0 Å². The molecule has 0 bridgehead atoms. The Morgan fingerprint density at radius 3 is 2.26 bits per heavy atom. The first kappa shape index (κ1) is 43.0. The van der Waals surface area contributed by atoms with E-state index in [1.54, 1.807) is 23.1 Å². The molecule has 1 unspecified atom stereocenters. The van der Waals surface area contributed by atoms with E-state index in [-0.39, 0.29) is 53.5 Å². The number of likely N-dealkylation sites (N-methyl/N-ethyl adjacent to an activating group) is 1. The fourth-order valence-corrected chi connectivity index (χ4v) is 10.0. The van der Waals surface area contributed by atoms with Crippen LogP contribution in [0.1, 0.15) is 92.9 Å². The second-order valence-corrected chi connectivity index (χ2v) is 18.9. The van der Waals surface area contributed by atoms with Crippen molar-refractivity contribution in [1.82, 2.24) is 30.5 Å². The molecule has 5 amide bonds. The molecule has 0 radical (unpaired) electrons. The smallest absolute Gasteiger partial charge is 0.315 e. The van der Waals surface area contributed by atoms with Gasteiger partial charge in [0.25, 0.3) is 5.91 Å². The number of benzene rings is 1. The van der Waals surface area contributed by atoms with Crippen LogP contribution < -0.4 is 21.3 Å². The Morgan fingerprint density at radius 1 is 1.02 bits per heavy atom. The summed E-state index contributed by atoms with van der Waals surface area (Å²) in [4.78, 5) is 70.1. The predicted molar refractivity (Wildman–Crippen MR) is 207 cm³/mol. The predicted octanol–water partition coefficient (Wildman–Crippen LogP) is 4.00. The van der Waals surface area contributed by atoms with Crippen molar-refractivity contribution in [3.05, 3.63) is 43.0 Å². The zero-order valence-electron chi connectivity index (χ0n) is 33.2. The van der Waals surface area contributed by atoms with Crippen molar-refractivity contribution in [2.45, 2.75) is 122 Å². The minimum atomic E-state index is -3.87. The molecule has 6 atom stereocenters. The lowest BCUT2D eigenvalue weighted by molar-refractivity contribution is -0.144. The number of sulfonamides is 1. The molecule has 1 saturated heterocycles. The highest BCUT2D eigenvalue weighted by atomic mass is 32.2. The topological polar surface area (TPSA) is 174 Å². The molecule has 1 heterocycles. The van der Waals surface area contributed by atoms with Gasteiger partial charge >= 0.3 is 6.03 Å². The van der Waals surface area contributed by atoms with Crippen molar-refractivity contribution < 1.29 is 32.4 Å². The van der Waals surface area contributed by atoms with Crippen molar-refractivity contribution in [1.29, 1.82) is 0 Å². The van der Waals surface area contributed by atoms with E-state index >= 15 is 0 Å². The van der Waals surface area contributed by atoms with Gasteiger partial charge in [0.2, 0.25) is 27.6 Å². The van der Waals surface area contributed by atoms with Crippen molar-refractivity contribution in [3.63, 3.8) is 0 Å². The van der Waals surface area contributed by atoms with E-state index in [1.165, 1.54) is 29.6 Å². The van der Waals surface area contributed by atoms with Crippen LogP contribution in [0.5, 0.6) is 0 Å². The number of nitrogens with zero attached hydrogens (tertiary/aromatic N) is 2. The molecule has 1 aromatic rings. The van der Waals surface area contributed by atoms with Gasteiger partial charge in [-0.05, 0) is 60.0 Å². The second-order valence-electron chi connectivity index (χ2n) is 16.9. The lowest BCUT2D eigenvalue weighted by atomic mass is 9.83. The number of carbonyl (C=O) groups is 5. The first-order valence-electron chi connectivity index (χ1n) is 19.5. The lowest BCUT2D eigenvalue weighted by Gasteiger charge is -2.38. The summed E-state index contributed by atoms with van der Waals surface area (Å²) in [7, 11) is -2.37. The fourth-order valence-electron chi connectivity index (χ4n) is 8.47. The number of carbonyl (C=O) groups excluding carboxylic acids is 5. The average Bonchev–Trinajstić information content (AvgIpc) is 3.43. The van der Waals surface area contributed by atoms with Crippen molar-refractivity contribution >= 4 is 39.6 Å². The molecule has 4 N–H and O–H groups in total. The van der Waals surface area contributed by atoms with E-state index in [0.717, 1.165) is 38.5 Å². The lowest BCUT2D eigenvalue weighted by Crippen LogP contribution is -2.61. The van der Waals surface area contributed by atoms with Crippen LogP contribution in [0.4, 0.5) is 4.79 Å². The van der Waals surface area contributed by atoms with Crippen LogP contribution in [0, 0.1) is 28.6 Å². The van der Waals surface area contributed by atoms with Crippen molar-refractivity contribution in [3.8, 4) is 0 Å². The van der Waals surface area contributed by atoms with Gasteiger partial charge in [-0.2, -0.15) is 4.31 Å². The van der Waals surface area contributed by atoms with Crippen molar-refractivity contribution in [2.24, 2.45) is 28.6 Å². The number of urea groups is 1. The van der Waals surface area contributed by atoms with Gasteiger partial charge in [0.15, 0.2) is 0 Å². The highest BCUT2D eigenvalue weighted by molar-refractivity contribution is 7.89. The van der Waals surface area contributed by atoms with Gasteiger partial charge in [-0.15, -0.1) is 6.58 Å². The summed E-state index contributed by atoms with van der Waals surface area (Å²) < 4.78 is 28.4. The summed E-state index contributed by atoms with van der Waals surface area (Å²) in [5.74, 6) is -2.60. The van der Waals surface area contributed by atoms with E-state index in [1.807, 2.05) is 27.7 Å². The van der Waals surface area contributed by atoms with Crippen LogP contribution >= 0.6 is 0 Å². The van der Waals surface area contributed by atoms with Crippen LogP contribution in [-0.4, -0.2) is 98.0 Å². The molecular formula is C40H62N6O7S. The third kappa shape index (κ3) is 9.71. The molecule has 2 aliphatic carbocycles. The van der Waals surface area contributed by atoms with E-state index in [2.05, 4.69) is 41.7 Å². The quantitative estimate of drug-likeness (QED) is 0.137. The minimum absolute atomic E-state index is 0.00981. The van der Waals surface area contributed by atoms with Gasteiger partial charge in [0, 0.05) is 32.7 Å². The molecular weight excluding hydrogens is 709 g/mol. The minimum Gasteiger partial charge on any atom is -0.346 e. The van der Waals surface area contributed by atoms with Crippen LogP contribution in [0.15, 0.2) is 47.9 Å². The number of rotatable bonds is 17. The number of Topliss-reactive ketones (excluding diaryl/α,β-unsaturated/α-hetero) is 1. The van der Waals surface area contributed by atoms with Crippen LogP contribution in [0.2, 0.25) is 0 Å². The molecule has 3 fully saturated rings. The van der Waals surface area contributed by atoms with Crippen molar-refractivity contribution in [2.75, 3.05) is 26.7 Å². The van der Waals surface area contributed by atoms with Gasteiger partial charge in [0.1, 0.15) is 12.1 Å². The molecule has 0 spiro atoms. The fraction of sp³-hybridized carbons (Fsp3) is 0.675. The average molecular weight is 771 g/mol. The van der Waals surface area contributed by atoms with E-state index < -0.39 is 63.2 Å². The van der Waals surface area contributed by atoms with E-state index in [0.29, 0.717) is 13.0 Å². The zero-order chi connectivity index (χ0) is 40.0. The molecule has 13 nitrogen and oxygen atoms in total. The summed E-state index contributed by atoms with van der Waals surface area (Å²) in [5.41, 5.74) is -0.766. The van der Waals surface area contributed by atoms with Gasteiger partial charge in [-0.3, -0.25) is 19.2 Å². The monoisotopic (exact) mass is 770 g/mol. The third-order valence-electron chi connectivity index (χ3n) is 11.9. The zero-order valence-corrected chi connectivity index (χ0v) is 34.0. The molecule has 1 aliphatic heterocycles. The van der Waals surface area contributed by atoms with Gasteiger partial charge in [0.05, 0.1) is 10.9 Å². The molecule has 1 aromatic carbocycles. The summed E-state index contributed by atoms with van der Waals surface area (Å²) in [5, 5.41) is 11.2. The van der Waals surface area contributed by atoms with Gasteiger partial charge < -0.3 is 26.2 Å². The number of likely N-dealkylation sites (tertiary alicyclic amines) is 1. The molecule has 3 aliphatic rings. The maximum Gasteiger partial charge on any atom is 0.315 e. The van der Waals surface area contributed by atoms with Gasteiger partial charge in [-0.1, -0.05) is 97.9 Å². The Labute approximate surface area is 321 Å². The molecule has 4 rings (SSSR count). The largest absolute Gasteiger partial charge is 0.346 e. The number of piperidine rings is 1. The van der Waals surface area contributed by atoms with E-state index in [4.69, 9.17) is 0 Å². The highest BCUT2D eigenvalue weighted by Crippen LogP contribution is 2.65. The summed E-state index contributed by atoms with van der Waals surface area (Å²) in [6, 6.07) is 4.09.